The zero-order valence-corrected chi connectivity index (χ0v) is 46.0. The molecule has 0 saturated heterocycles. The lowest BCUT2D eigenvalue weighted by Gasteiger charge is -2.25. The van der Waals surface area contributed by atoms with Crippen LogP contribution >= 0.6 is 136 Å². The van der Waals surface area contributed by atoms with Crippen LogP contribution in [0.4, 0.5) is 11.4 Å². The van der Waals surface area contributed by atoms with Gasteiger partial charge in [0.05, 0.1) is 125 Å². The summed E-state index contributed by atoms with van der Waals surface area (Å²) in [5.41, 5.74) is -0.538. The number of nitrogens with zero attached hydrogens (tertiary/aromatic N) is 1. The molecular weight excluding hydrogens is 1540 g/mol. The highest BCUT2D eigenvalue weighted by molar-refractivity contribution is 14.1. The quantitative estimate of drug-likeness (QED) is 0.0437. The molecular formula is C35H45I6N7O16. The molecule has 2 aromatic carbocycles. The number of carbonyl (C=O) groups is 6. The molecule has 23 nitrogen and oxygen atoms in total. The van der Waals surface area contributed by atoms with Gasteiger partial charge in [0.1, 0.15) is 0 Å². The van der Waals surface area contributed by atoms with Gasteiger partial charge in [-0.2, -0.15) is 0 Å². The number of rotatable bonds is 25. The maximum atomic E-state index is 13.8. The largest absolute Gasteiger partial charge is 0.394 e. The zero-order chi connectivity index (χ0) is 48.6. The molecule has 29 heteroatoms. The van der Waals surface area contributed by atoms with Crippen molar-refractivity contribution in [2.45, 2.75) is 30.5 Å². The Balaban J connectivity index is 2.61. The van der Waals surface area contributed by atoms with Gasteiger partial charge in [0.2, 0.25) is 11.8 Å². The molecule has 6 amide bonds. The van der Waals surface area contributed by atoms with E-state index in [0.29, 0.717) is 0 Å². The van der Waals surface area contributed by atoms with Crippen molar-refractivity contribution in [2.24, 2.45) is 0 Å². The second-order valence-electron chi connectivity index (χ2n) is 13.4. The van der Waals surface area contributed by atoms with Crippen LogP contribution in [-0.4, -0.2) is 201 Å². The number of aliphatic hydroxyl groups excluding tert-OH is 10. The summed E-state index contributed by atoms with van der Waals surface area (Å²) in [7, 11) is 0. The predicted octanol–water partition coefficient (Wildman–Crippen LogP) is -3.12. The third-order valence-electron chi connectivity index (χ3n) is 8.32. The van der Waals surface area contributed by atoms with Crippen molar-refractivity contribution in [1.29, 1.82) is 0 Å². The van der Waals surface area contributed by atoms with Crippen molar-refractivity contribution < 1.29 is 79.8 Å². The highest BCUT2D eigenvalue weighted by Gasteiger charge is 2.32. The number of hydrogen-bond acceptors (Lipinski definition) is 17. The molecule has 16 N–H and O–H groups in total. The van der Waals surface area contributed by atoms with E-state index in [-0.39, 0.29) is 81.2 Å². The fourth-order valence-electron chi connectivity index (χ4n) is 5.10. The number of amides is 6. The number of anilines is 2. The number of benzene rings is 2. The molecule has 2 rings (SSSR count). The Bertz CT molecular complexity index is 1780. The van der Waals surface area contributed by atoms with Gasteiger partial charge in [-0.05, 0) is 136 Å². The van der Waals surface area contributed by atoms with Crippen molar-refractivity contribution in [2.75, 3.05) is 89.5 Å². The van der Waals surface area contributed by atoms with Crippen LogP contribution in [0, 0.1) is 21.4 Å². The van der Waals surface area contributed by atoms with Gasteiger partial charge in [-0.25, -0.2) is 0 Å². The van der Waals surface area contributed by atoms with E-state index in [2.05, 4.69) is 31.9 Å². The van der Waals surface area contributed by atoms with Gasteiger partial charge >= 0.3 is 0 Å². The number of halogens is 6. The molecule has 0 radical (unpaired) electrons. The number of carbonyl (C=O) groups excluding carboxylic acids is 6. The second kappa shape index (κ2) is 29.3. The molecule has 64 heavy (non-hydrogen) atoms. The molecule has 5 unspecified atom stereocenters. The molecule has 0 aromatic heterocycles. The van der Waals surface area contributed by atoms with Gasteiger partial charge in [0.25, 0.3) is 23.6 Å². The maximum absolute atomic E-state index is 13.8. The summed E-state index contributed by atoms with van der Waals surface area (Å²) in [6.07, 6.45) is -6.76. The summed E-state index contributed by atoms with van der Waals surface area (Å²) in [6, 6.07) is 0. The average Bonchev–Trinajstić information content (AvgIpc) is 3.25. The van der Waals surface area contributed by atoms with E-state index < -0.39 is 119 Å². The van der Waals surface area contributed by atoms with E-state index in [1.165, 1.54) is 0 Å². The van der Waals surface area contributed by atoms with Crippen molar-refractivity contribution in [3.05, 3.63) is 43.7 Å². The Hall–Kier alpha value is -0.800. The van der Waals surface area contributed by atoms with Crippen LogP contribution in [-0.2, 0) is 9.59 Å². The van der Waals surface area contributed by atoms with E-state index in [4.69, 9.17) is 0 Å². The third kappa shape index (κ3) is 17.3. The van der Waals surface area contributed by atoms with Crippen LogP contribution in [0.25, 0.3) is 0 Å². The lowest BCUT2D eigenvalue weighted by Crippen LogP contribution is -2.44. The van der Waals surface area contributed by atoms with E-state index in [0.717, 1.165) is 4.90 Å². The first-order chi connectivity index (χ1) is 30.1. The topological polar surface area (TPSA) is 380 Å². The normalized spacial score (nSPS) is 13.6. The molecule has 0 aliphatic heterocycles. The first-order valence-electron chi connectivity index (χ1n) is 18.4. The monoisotopic (exact) mass is 1580 g/mol. The Morgan fingerprint density at radius 1 is 0.406 bits per heavy atom. The number of aliphatic hydroxyl groups is 10. The summed E-state index contributed by atoms with van der Waals surface area (Å²) in [4.78, 5) is 82.6. The lowest BCUT2D eigenvalue weighted by atomic mass is 10.1. The number of hydrogen-bond donors (Lipinski definition) is 16. The predicted molar refractivity (Wildman–Crippen MR) is 278 cm³/mol. The molecule has 0 aliphatic carbocycles. The molecule has 0 spiro atoms. The molecule has 0 heterocycles. The van der Waals surface area contributed by atoms with Crippen molar-refractivity contribution in [1.82, 2.24) is 26.2 Å². The molecule has 0 saturated carbocycles. The molecule has 0 fully saturated rings. The second-order valence-corrected chi connectivity index (χ2v) is 19.9. The lowest BCUT2D eigenvalue weighted by molar-refractivity contribution is -0.120. The third-order valence-corrected chi connectivity index (χ3v) is 14.8. The van der Waals surface area contributed by atoms with Crippen molar-refractivity contribution in [3.8, 4) is 0 Å². The average molecular weight is 1580 g/mol. The fraction of sp³-hybridized carbons (Fsp3) is 0.486. The zero-order valence-electron chi connectivity index (χ0n) is 33.0. The van der Waals surface area contributed by atoms with Gasteiger partial charge in [-0.1, -0.05) is 0 Å². The van der Waals surface area contributed by atoms with E-state index >= 15 is 0 Å². The molecule has 5 atom stereocenters. The minimum atomic E-state index is -1.47. The van der Waals surface area contributed by atoms with Crippen molar-refractivity contribution in [3.63, 3.8) is 0 Å². The molecule has 0 bridgehead atoms. The minimum Gasteiger partial charge on any atom is -0.394 e. The highest BCUT2D eigenvalue weighted by Crippen LogP contribution is 2.37. The first kappa shape index (κ1) is 59.3. The highest BCUT2D eigenvalue weighted by atomic mass is 127. The summed E-state index contributed by atoms with van der Waals surface area (Å²) in [5.74, 6) is -4.87. The van der Waals surface area contributed by atoms with Gasteiger partial charge in [0, 0.05) is 39.9 Å². The molecule has 0 aliphatic rings. The van der Waals surface area contributed by atoms with E-state index in [9.17, 15) is 79.8 Å². The van der Waals surface area contributed by atoms with Gasteiger partial charge < -0.3 is 83.0 Å². The number of nitrogens with one attached hydrogen (secondary N) is 6. The van der Waals surface area contributed by atoms with Gasteiger partial charge in [-0.3, -0.25) is 33.7 Å². The Kier molecular flexibility index (Phi) is 27.1. The SMILES string of the molecule is O=C(CN(CC(=O)Nc1c(I)c(C(=O)NCC(O)CO)c(I)c(C(=O)NCC(O)CO)c1I)CC(O)CO)Nc1c(I)c(C(=O)NCC(O)CO)c(I)c(C(=O)NCC(O)CO)c1I. The van der Waals surface area contributed by atoms with Gasteiger partial charge in [-0.15, -0.1) is 0 Å². The Morgan fingerprint density at radius 2 is 0.641 bits per heavy atom. The van der Waals surface area contributed by atoms with Crippen molar-refractivity contribution >= 4 is 182 Å². The minimum absolute atomic E-state index is 0.0444. The smallest absolute Gasteiger partial charge is 0.253 e. The van der Waals surface area contributed by atoms with Crippen LogP contribution in [0.2, 0.25) is 0 Å². The molecule has 358 valence electrons. The molecule has 2 aromatic rings. The first-order valence-corrected chi connectivity index (χ1v) is 24.9. The fourth-order valence-corrected chi connectivity index (χ4v) is 13.9. The van der Waals surface area contributed by atoms with Gasteiger partial charge in [0.15, 0.2) is 0 Å². The summed E-state index contributed by atoms with van der Waals surface area (Å²) in [6.45, 7) is -6.73. The van der Waals surface area contributed by atoms with Crippen LogP contribution in [0.15, 0.2) is 0 Å². The summed E-state index contributed by atoms with van der Waals surface area (Å²) < 4.78 is 0.714. The Labute approximate surface area is 446 Å². The van der Waals surface area contributed by atoms with E-state index in [1.54, 1.807) is 136 Å². The summed E-state index contributed by atoms with van der Waals surface area (Å²) in [5, 5.41) is 111. The van der Waals surface area contributed by atoms with Crippen LogP contribution < -0.4 is 31.9 Å². The maximum Gasteiger partial charge on any atom is 0.253 e. The van der Waals surface area contributed by atoms with E-state index in [1.807, 2.05) is 0 Å². The van der Waals surface area contributed by atoms with Crippen LogP contribution in [0.3, 0.4) is 0 Å². The van der Waals surface area contributed by atoms with Crippen LogP contribution in [0.1, 0.15) is 41.4 Å². The van der Waals surface area contributed by atoms with Crippen LogP contribution in [0.5, 0.6) is 0 Å². The standard InChI is InChI=1S/C35H45I6N7O16/c36-24-20(32(61)42-1-13(54)8-49)26(38)30(27(39)21(24)33(62)43-2-14(55)9-50)46-18(59)6-48(5-17(58)12-53)7-19(60)47-31-28(40)22(34(63)44-3-15(56)10-51)25(37)23(29(31)41)35(64)45-4-16(57)11-52/h13-17,49-58H,1-12H2,(H,42,61)(H,43,62)(H,44,63)(H,45,64)(H,46,59)(H,47,60). The summed E-state index contributed by atoms with van der Waals surface area (Å²) >= 11 is 10.5. The Morgan fingerprint density at radius 3 is 0.859 bits per heavy atom.